The Morgan fingerprint density at radius 1 is 1.18 bits per heavy atom. The zero-order valence-corrected chi connectivity index (χ0v) is 15.8. The zero-order chi connectivity index (χ0) is 19.8. The van der Waals surface area contributed by atoms with Gasteiger partial charge in [-0.05, 0) is 30.5 Å². The van der Waals surface area contributed by atoms with E-state index in [1.165, 1.54) is 6.07 Å². The van der Waals surface area contributed by atoms with Crippen molar-refractivity contribution in [2.24, 2.45) is 0 Å². The molecule has 0 aliphatic heterocycles. The molecule has 28 heavy (non-hydrogen) atoms. The van der Waals surface area contributed by atoms with Crippen LogP contribution in [-0.2, 0) is 4.79 Å². The second-order valence-corrected chi connectivity index (χ2v) is 6.46. The number of rotatable bonds is 9. The predicted molar refractivity (Wildman–Crippen MR) is 106 cm³/mol. The van der Waals surface area contributed by atoms with Crippen LogP contribution in [0.4, 0.5) is 4.39 Å². The fraction of sp³-hybridized carbons (Fsp3) is 0.273. The summed E-state index contributed by atoms with van der Waals surface area (Å²) in [6, 6.07) is 16.0. The summed E-state index contributed by atoms with van der Waals surface area (Å²) in [4.78, 5) is 20.0. The number of imidazole rings is 1. The minimum atomic E-state index is -0.398. The number of carbonyl (C=O) groups is 1. The molecule has 0 saturated heterocycles. The Balaban J connectivity index is 1.48. The molecular weight excluding hydrogens is 357 g/mol. The van der Waals surface area contributed by atoms with Crippen LogP contribution in [-0.4, -0.2) is 22.5 Å². The third-order valence-corrected chi connectivity index (χ3v) is 4.40. The van der Waals surface area contributed by atoms with Crippen molar-refractivity contribution >= 4 is 5.91 Å². The summed E-state index contributed by atoms with van der Waals surface area (Å²) >= 11 is 0. The first kappa shape index (κ1) is 19.6. The van der Waals surface area contributed by atoms with Crippen LogP contribution in [0.25, 0.3) is 11.3 Å². The normalized spacial score (nSPS) is 11.8. The third-order valence-electron chi connectivity index (χ3n) is 4.40. The first-order chi connectivity index (χ1) is 13.7. The highest BCUT2D eigenvalue weighted by molar-refractivity contribution is 5.76. The molecule has 1 amide bonds. The van der Waals surface area contributed by atoms with Gasteiger partial charge >= 0.3 is 0 Å². The van der Waals surface area contributed by atoms with Crippen molar-refractivity contribution in [1.82, 2.24) is 15.3 Å². The van der Waals surface area contributed by atoms with Gasteiger partial charge in [0.25, 0.3) is 0 Å². The second kappa shape index (κ2) is 9.69. The van der Waals surface area contributed by atoms with Gasteiger partial charge in [-0.2, -0.15) is 0 Å². The molecule has 0 spiro atoms. The molecule has 0 saturated carbocycles. The second-order valence-electron chi connectivity index (χ2n) is 6.46. The van der Waals surface area contributed by atoms with Crippen LogP contribution < -0.4 is 10.1 Å². The Morgan fingerprint density at radius 3 is 2.68 bits per heavy atom. The molecule has 1 aromatic heterocycles. The van der Waals surface area contributed by atoms with Gasteiger partial charge in [-0.15, -0.1) is 0 Å². The lowest BCUT2D eigenvalue weighted by Gasteiger charge is -2.15. The van der Waals surface area contributed by atoms with Gasteiger partial charge in [0.05, 0.1) is 24.5 Å². The summed E-state index contributed by atoms with van der Waals surface area (Å²) in [5, 5.41) is 3.00. The lowest BCUT2D eigenvalue weighted by molar-refractivity contribution is -0.122. The molecule has 1 unspecified atom stereocenters. The van der Waals surface area contributed by atoms with Gasteiger partial charge < -0.3 is 15.0 Å². The van der Waals surface area contributed by atoms with Crippen molar-refractivity contribution in [2.75, 3.05) is 6.61 Å². The summed E-state index contributed by atoms with van der Waals surface area (Å²) in [6.07, 6.45) is 3.31. The van der Waals surface area contributed by atoms with Crippen LogP contribution in [0.5, 0.6) is 5.75 Å². The maximum Gasteiger partial charge on any atom is 0.220 e. The Bertz CT molecular complexity index is 896. The molecule has 1 atom stereocenters. The zero-order valence-electron chi connectivity index (χ0n) is 15.8. The van der Waals surface area contributed by atoms with Crippen molar-refractivity contribution in [1.29, 1.82) is 0 Å². The van der Waals surface area contributed by atoms with Crippen molar-refractivity contribution in [3.8, 4) is 17.0 Å². The number of para-hydroxylation sites is 1. The van der Waals surface area contributed by atoms with Crippen molar-refractivity contribution < 1.29 is 13.9 Å². The van der Waals surface area contributed by atoms with Gasteiger partial charge in [0.15, 0.2) is 11.6 Å². The van der Waals surface area contributed by atoms with E-state index in [-0.39, 0.29) is 24.3 Å². The predicted octanol–water partition coefficient (Wildman–Crippen LogP) is 4.64. The number of ether oxygens (including phenoxy) is 1. The molecule has 5 nitrogen and oxygen atoms in total. The Hall–Kier alpha value is -3.15. The molecule has 0 bridgehead atoms. The standard InChI is InChI=1S/C22H24FN3O2/c1-2-18(22-24-15-19(26-22)16-9-4-3-5-10-16)25-21(27)13-8-14-28-20-12-7-6-11-17(20)23/h3-7,9-12,15,18H,2,8,13-14H2,1H3,(H,24,26)(H,25,27). The van der Waals surface area contributed by atoms with Crippen molar-refractivity contribution in [3.05, 3.63) is 72.4 Å². The van der Waals surface area contributed by atoms with E-state index >= 15 is 0 Å². The number of benzene rings is 2. The number of nitrogens with one attached hydrogen (secondary N) is 2. The lowest BCUT2D eigenvalue weighted by Crippen LogP contribution is -2.29. The molecule has 0 radical (unpaired) electrons. The molecule has 6 heteroatoms. The maximum atomic E-state index is 13.5. The summed E-state index contributed by atoms with van der Waals surface area (Å²) in [6.45, 7) is 2.28. The fourth-order valence-electron chi connectivity index (χ4n) is 2.89. The van der Waals surface area contributed by atoms with Crippen LogP contribution in [0.3, 0.4) is 0 Å². The number of aromatic amines is 1. The van der Waals surface area contributed by atoms with Gasteiger partial charge in [-0.3, -0.25) is 4.79 Å². The van der Waals surface area contributed by atoms with E-state index in [0.717, 1.165) is 23.5 Å². The minimum absolute atomic E-state index is 0.0818. The van der Waals surface area contributed by atoms with E-state index < -0.39 is 5.82 Å². The van der Waals surface area contributed by atoms with Crippen LogP contribution in [0, 0.1) is 5.82 Å². The van der Waals surface area contributed by atoms with Gasteiger partial charge in [0.2, 0.25) is 5.91 Å². The maximum absolute atomic E-state index is 13.5. The topological polar surface area (TPSA) is 67.0 Å². The highest BCUT2D eigenvalue weighted by Crippen LogP contribution is 2.20. The van der Waals surface area contributed by atoms with Gasteiger partial charge in [-0.25, -0.2) is 9.37 Å². The average Bonchev–Trinajstić information content (AvgIpc) is 3.21. The molecule has 2 N–H and O–H groups in total. The van der Waals surface area contributed by atoms with Crippen molar-refractivity contribution in [3.63, 3.8) is 0 Å². The number of aromatic nitrogens is 2. The van der Waals surface area contributed by atoms with Crippen LogP contribution in [0.2, 0.25) is 0 Å². The van der Waals surface area contributed by atoms with Crippen LogP contribution >= 0.6 is 0 Å². The number of halogens is 1. The average molecular weight is 381 g/mol. The molecule has 146 valence electrons. The van der Waals surface area contributed by atoms with Crippen LogP contribution in [0.1, 0.15) is 38.1 Å². The number of carbonyl (C=O) groups excluding carboxylic acids is 1. The highest BCUT2D eigenvalue weighted by atomic mass is 19.1. The van der Waals surface area contributed by atoms with E-state index in [9.17, 15) is 9.18 Å². The molecular formula is C22H24FN3O2. The summed E-state index contributed by atoms with van der Waals surface area (Å²) in [5.41, 5.74) is 1.97. The molecule has 3 aromatic rings. The minimum Gasteiger partial charge on any atom is -0.491 e. The van der Waals surface area contributed by atoms with E-state index in [1.807, 2.05) is 37.3 Å². The Morgan fingerprint density at radius 2 is 1.93 bits per heavy atom. The van der Waals surface area contributed by atoms with E-state index in [0.29, 0.717) is 12.8 Å². The molecule has 2 aromatic carbocycles. The number of nitrogens with zero attached hydrogens (tertiary/aromatic N) is 1. The fourth-order valence-corrected chi connectivity index (χ4v) is 2.89. The summed E-state index contributed by atoms with van der Waals surface area (Å²) < 4.78 is 18.9. The van der Waals surface area contributed by atoms with E-state index in [1.54, 1.807) is 24.4 Å². The number of hydrogen-bond donors (Lipinski definition) is 2. The number of amides is 1. The highest BCUT2D eigenvalue weighted by Gasteiger charge is 2.16. The third kappa shape index (κ3) is 5.19. The van der Waals surface area contributed by atoms with Gasteiger partial charge in [-0.1, -0.05) is 49.4 Å². The SMILES string of the molecule is CCC(NC(=O)CCCOc1ccccc1F)c1ncc(-c2ccccc2)[nH]1. The van der Waals surface area contributed by atoms with Gasteiger partial charge in [0.1, 0.15) is 5.82 Å². The smallest absolute Gasteiger partial charge is 0.220 e. The summed E-state index contributed by atoms with van der Waals surface area (Å²) in [7, 11) is 0. The molecule has 1 heterocycles. The Kier molecular flexibility index (Phi) is 6.78. The van der Waals surface area contributed by atoms with Crippen molar-refractivity contribution in [2.45, 2.75) is 32.2 Å². The first-order valence-electron chi connectivity index (χ1n) is 9.44. The largest absolute Gasteiger partial charge is 0.491 e. The molecule has 0 fully saturated rings. The number of hydrogen-bond acceptors (Lipinski definition) is 3. The Labute approximate surface area is 164 Å². The van der Waals surface area contributed by atoms with E-state index in [2.05, 4.69) is 15.3 Å². The van der Waals surface area contributed by atoms with Gasteiger partial charge in [0, 0.05) is 6.42 Å². The first-order valence-corrected chi connectivity index (χ1v) is 9.44. The molecule has 0 aliphatic carbocycles. The molecule has 0 aliphatic rings. The summed E-state index contributed by atoms with van der Waals surface area (Å²) in [5.74, 6) is 0.461. The number of H-pyrrole nitrogens is 1. The quantitative estimate of drug-likeness (QED) is 0.531. The van der Waals surface area contributed by atoms with E-state index in [4.69, 9.17) is 4.74 Å². The van der Waals surface area contributed by atoms with Crippen LogP contribution in [0.15, 0.2) is 60.8 Å². The molecule has 3 rings (SSSR count). The monoisotopic (exact) mass is 381 g/mol. The lowest BCUT2D eigenvalue weighted by atomic mass is 10.2.